The summed E-state index contributed by atoms with van der Waals surface area (Å²) < 4.78 is 0. The van der Waals surface area contributed by atoms with Gasteiger partial charge >= 0.3 is 0 Å². The van der Waals surface area contributed by atoms with Crippen molar-refractivity contribution in [2.24, 2.45) is 4.99 Å². The van der Waals surface area contributed by atoms with Crippen LogP contribution in [-0.4, -0.2) is 48.1 Å². The average Bonchev–Trinajstić information content (AvgIpc) is 2.75. The molecule has 1 aliphatic rings. The number of amidine groups is 1. The minimum atomic E-state index is -0.493. The van der Waals surface area contributed by atoms with Gasteiger partial charge in [0.2, 0.25) is 5.84 Å². The third-order valence-corrected chi connectivity index (χ3v) is 4.76. The van der Waals surface area contributed by atoms with E-state index >= 15 is 0 Å². The van der Waals surface area contributed by atoms with Crippen LogP contribution >= 0.6 is 0 Å². The summed E-state index contributed by atoms with van der Waals surface area (Å²) in [5, 5.41) is 4.04. The molecule has 156 valence electrons. The van der Waals surface area contributed by atoms with E-state index in [2.05, 4.69) is 15.7 Å². The van der Waals surface area contributed by atoms with E-state index in [0.717, 1.165) is 5.56 Å². The summed E-state index contributed by atoms with van der Waals surface area (Å²) in [6.45, 7) is 6.87. The van der Waals surface area contributed by atoms with E-state index in [0.29, 0.717) is 30.0 Å². The Bertz CT molecular complexity index is 981. The van der Waals surface area contributed by atoms with Gasteiger partial charge in [0.15, 0.2) is 0 Å². The first-order valence-electron chi connectivity index (χ1n) is 9.84. The van der Waals surface area contributed by atoms with Gasteiger partial charge in [0.1, 0.15) is 6.54 Å². The Morgan fingerprint density at radius 2 is 1.83 bits per heavy atom. The maximum absolute atomic E-state index is 12.7. The van der Waals surface area contributed by atoms with Crippen molar-refractivity contribution in [2.75, 3.05) is 30.0 Å². The number of carbonyl (C=O) groups is 3. The number of hydrogen-bond acceptors (Lipinski definition) is 5. The summed E-state index contributed by atoms with van der Waals surface area (Å²) in [7, 11) is 0. The molecular formula is C22H25N5O3. The summed E-state index contributed by atoms with van der Waals surface area (Å²) in [6.07, 6.45) is 0. The number of carbonyl (C=O) groups excluding carboxylic acids is 3. The first kappa shape index (κ1) is 21.0. The van der Waals surface area contributed by atoms with Crippen LogP contribution in [0, 0.1) is 6.92 Å². The smallest absolute Gasteiger partial charge is 0.292 e. The molecular weight excluding hydrogens is 382 g/mol. The van der Waals surface area contributed by atoms with Crippen LogP contribution in [0.15, 0.2) is 53.5 Å². The molecule has 0 radical (unpaired) electrons. The van der Waals surface area contributed by atoms with Crippen LogP contribution in [0.5, 0.6) is 0 Å². The van der Waals surface area contributed by atoms with E-state index in [4.69, 9.17) is 0 Å². The molecule has 2 aromatic carbocycles. The molecule has 0 aliphatic carbocycles. The highest BCUT2D eigenvalue weighted by atomic mass is 16.2. The maximum Gasteiger partial charge on any atom is 0.292 e. The second-order valence-electron chi connectivity index (χ2n) is 6.85. The molecule has 2 N–H and O–H groups in total. The number of aliphatic imine (C=N–C) groups is 1. The van der Waals surface area contributed by atoms with Crippen molar-refractivity contribution in [3.05, 3.63) is 59.7 Å². The lowest BCUT2D eigenvalue weighted by atomic mass is 10.1. The second kappa shape index (κ2) is 9.21. The van der Waals surface area contributed by atoms with Gasteiger partial charge in [-0.05, 0) is 51.1 Å². The molecule has 0 spiro atoms. The fraction of sp³-hybridized carbons (Fsp3) is 0.273. The van der Waals surface area contributed by atoms with Crippen molar-refractivity contribution < 1.29 is 14.4 Å². The number of hydrazine groups is 1. The minimum absolute atomic E-state index is 0.0237. The summed E-state index contributed by atoms with van der Waals surface area (Å²) in [4.78, 5) is 43.2. The van der Waals surface area contributed by atoms with Gasteiger partial charge in [-0.15, -0.1) is 0 Å². The molecule has 0 aromatic heterocycles. The van der Waals surface area contributed by atoms with E-state index in [1.165, 1.54) is 5.01 Å². The van der Waals surface area contributed by atoms with Crippen LogP contribution in [0.4, 0.5) is 11.4 Å². The zero-order chi connectivity index (χ0) is 21.7. The van der Waals surface area contributed by atoms with Crippen LogP contribution < -0.4 is 15.8 Å². The van der Waals surface area contributed by atoms with Crippen LogP contribution in [0.3, 0.4) is 0 Å². The molecule has 3 amide bonds. The summed E-state index contributed by atoms with van der Waals surface area (Å²) in [6, 6.07) is 14.1. The predicted molar refractivity (Wildman–Crippen MR) is 116 cm³/mol. The molecule has 0 saturated carbocycles. The molecule has 3 rings (SSSR count). The van der Waals surface area contributed by atoms with E-state index in [1.54, 1.807) is 41.3 Å². The summed E-state index contributed by atoms with van der Waals surface area (Å²) in [5.41, 5.74) is 5.43. The van der Waals surface area contributed by atoms with Gasteiger partial charge in [0.05, 0.1) is 5.69 Å². The van der Waals surface area contributed by atoms with Crippen molar-refractivity contribution in [2.45, 2.75) is 20.8 Å². The Kier molecular flexibility index (Phi) is 6.46. The monoisotopic (exact) mass is 407 g/mol. The second-order valence-corrected chi connectivity index (χ2v) is 6.85. The Hall–Kier alpha value is -3.68. The molecule has 0 unspecified atom stereocenters. The third-order valence-electron chi connectivity index (χ3n) is 4.76. The molecule has 1 aliphatic heterocycles. The van der Waals surface area contributed by atoms with Crippen LogP contribution in [-0.2, 0) is 9.59 Å². The largest absolute Gasteiger partial charge is 0.339 e. The van der Waals surface area contributed by atoms with E-state index in [-0.39, 0.29) is 24.2 Å². The van der Waals surface area contributed by atoms with Gasteiger partial charge in [0.25, 0.3) is 17.7 Å². The minimum Gasteiger partial charge on any atom is -0.339 e. The average molecular weight is 407 g/mol. The highest BCUT2D eigenvalue weighted by Gasteiger charge is 2.25. The number of nitrogens with one attached hydrogen (secondary N) is 2. The van der Waals surface area contributed by atoms with Crippen LogP contribution in [0.2, 0.25) is 0 Å². The van der Waals surface area contributed by atoms with Crippen molar-refractivity contribution >= 4 is 34.9 Å². The van der Waals surface area contributed by atoms with Gasteiger partial charge < -0.3 is 10.2 Å². The van der Waals surface area contributed by atoms with Gasteiger partial charge in [-0.3, -0.25) is 24.8 Å². The van der Waals surface area contributed by atoms with E-state index < -0.39 is 5.91 Å². The van der Waals surface area contributed by atoms with Crippen LogP contribution in [0.25, 0.3) is 0 Å². The Labute approximate surface area is 175 Å². The number of hydrogen-bond donors (Lipinski definition) is 2. The maximum atomic E-state index is 12.7. The first-order valence-corrected chi connectivity index (χ1v) is 9.84. The fourth-order valence-electron chi connectivity index (χ4n) is 3.06. The molecule has 2 aromatic rings. The normalized spacial score (nSPS) is 13.4. The Morgan fingerprint density at radius 1 is 1.13 bits per heavy atom. The third kappa shape index (κ3) is 4.65. The number of anilines is 2. The SMILES string of the molecule is CCN(CC)C(=O)c1cccc(NC(=O)C2=NCC(=O)N(c3ccc(C)cc3)N2)c1. The Balaban J connectivity index is 1.73. The molecule has 0 saturated heterocycles. The standard InChI is InChI=1S/C22H25N5O3/c1-4-26(5-2)22(30)16-7-6-8-17(13-16)24-21(29)20-23-14-19(28)27(25-20)18-11-9-15(3)10-12-18/h6-13H,4-5,14H2,1-3H3,(H,23,25)(H,24,29). The molecule has 8 nitrogen and oxygen atoms in total. The number of nitrogens with zero attached hydrogens (tertiary/aromatic N) is 3. The number of rotatable bonds is 6. The molecule has 0 atom stereocenters. The molecule has 0 fully saturated rings. The predicted octanol–water partition coefficient (Wildman–Crippen LogP) is 2.37. The lowest BCUT2D eigenvalue weighted by Crippen LogP contribution is -2.54. The zero-order valence-corrected chi connectivity index (χ0v) is 17.3. The molecule has 1 heterocycles. The zero-order valence-electron chi connectivity index (χ0n) is 17.3. The molecule has 0 bridgehead atoms. The molecule has 8 heteroatoms. The van der Waals surface area contributed by atoms with Crippen molar-refractivity contribution in [3.8, 4) is 0 Å². The van der Waals surface area contributed by atoms with E-state index in [1.807, 2.05) is 32.9 Å². The van der Waals surface area contributed by atoms with Crippen LogP contribution in [0.1, 0.15) is 29.8 Å². The lowest BCUT2D eigenvalue weighted by molar-refractivity contribution is -0.118. The number of aryl methyl sites for hydroxylation is 1. The summed E-state index contributed by atoms with van der Waals surface area (Å²) in [5.74, 6) is -0.828. The van der Waals surface area contributed by atoms with Gasteiger partial charge in [-0.1, -0.05) is 23.8 Å². The number of amides is 3. The fourth-order valence-corrected chi connectivity index (χ4v) is 3.06. The van der Waals surface area contributed by atoms with E-state index in [9.17, 15) is 14.4 Å². The highest BCUT2D eigenvalue weighted by Crippen LogP contribution is 2.16. The van der Waals surface area contributed by atoms with Crippen molar-refractivity contribution in [3.63, 3.8) is 0 Å². The first-order chi connectivity index (χ1) is 14.4. The lowest BCUT2D eigenvalue weighted by Gasteiger charge is -2.27. The number of benzene rings is 2. The molecule has 30 heavy (non-hydrogen) atoms. The van der Waals surface area contributed by atoms with Crippen molar-refractivity contribution in [1.29, 1.82) is 0 Å². The van der Waals surface area contributed by atoms with Gasteiger partial charge in [0, 0.05) is 24.3 Å². The Morgan fingerprint density at radius 3 is 2.50 bits per heavy atom. The summed E-state index contributed by atoms with van der Waals surface area (Å²) >= 11 is 0. The van der Waals surface area contributed by atoms with Gasteiger partial charge in [-0.25, -0.2) is 5.01 Å². The van der Waals surface area contributed by atoms with Crippen molar-refractivity contribution in [1.82, 2.24) is 10.3 Å². The quantitative estimate of drug-likeness (QED) is 0.769. The topological polar surface area (TPSA) is 94.1 Å². The highest BCUT2D eigenvalue weighted by molar-refractivity contribution is 6.43. The van der Waals surface area contributed by atoms with Gasteiger partial charge in [-0.2, -0.15) is 0 Å².